The zero-order chi connectivity index (χ0) is 26.4. The summed E-state index contributed by atoms with van der Waals surface area (Å²) in [7, 11) is 0. The molecule has 0 saturated carbocycles. The van der Waals surface area contributed by atoms with Gasteiger partial charge < -0.3 is 20.5 Å². The Morgan fingerprint density at radius 1 is 1.19 bits per heavy atom. The van der Waals surface area contributed by atoms with E-state index in [0.29, 0.717) is 53.6 Å². The van der Waals surface area contributed by atoms with Crippen molar-refractivity contribution in [2.45, 2.75) is 13.3 Å². The number of quaternary nitrogens is 1. The fourth-order valence-corrected chi connectivity index (χ4v) is 3.91. The predicted octanol–water partition coefficient (Wildman–Crippen LogP) is 3.96. The number of carbonyl (C=O) groups excluding carboxylic acids is 1. The van der Waals surface area contributed by atoms with Gasteiger partial charge in [0, 0.05) is 23.0 Å². The van der Waals surface area contributed by atoms with E-state index in [-0.39, 0.29) is 22.5 Å². The highest BCUT2D eigenvalue weighted by Gasteiger charge is 2.39. The molecule has 12 heteroatoms. The molecule has 1 aliphatic rings. The third-order valence-corrected chi connectivity index (χ3v) is 5.87. The third-order valence-electron chi connectivity index (χ3n) is 5.61. The highest BCUT2D eigenvalue weighted by molar-refractivity contribution is 6.43. The van der Waals surface area contributed by atoms with Crippen molar-refractivity contribution in [3.8, 4) is 5.75 Å². The molecule has 0 aliphatic carbocycles. The Hall–Kier alpha value is -4.09. The smallest absolute Gasteiger partial charge is 0.362 e. The molecular formula is C25H25ClFN6O4+. The van der Waals surface area contributed by atoms with Crippen molar-refractivity contribution in [2.75, 3.05) is 36.2 Å². The number of aliphatic carboxylic acids is 1. The minimum atomic E-state index is -1.26. The van der Waals surface area contributed by atoms with Gasteiger partial charge in [0.25, 0.3) is 5.91 Å². The van der Waals surface area contributed by atoms with Gasteiger partial charge in [0.15, 0.2) is 6.54 Å². The van der Waals surface area contributed by atoms with Gasteiger partial charge in [-0.25, -0.2) is 19.2 Å². The van der Waals surface area contributed by atoms with Gasteiger partial charge in [0.2, 0.25) is 5.71 Å². The summed E-state index contributed by atoms with van der Waals surface area (Å²) in [5.41, 5.74) is 0.837. The summed E-state index contributed by atoms with van der Waals surface area (Å²) >= 11 is 5.70. The van der Waals surface area contributed by atoms with E-state index in [9.17, 15) is 19.1 Å². The van der Waals surface area contributed by atoms with E-state index < -0.39 is 17.7 Å². The maximum absolute atomic E-state index is 13.5. The Bertz CT molecular complexity index is 1400. The minimum Gasteiger partial charge on any atom is -0.493 e. The van der Waals surface area contributed by atoms with Crippen LogP contribution in [0.2, 0.25) is 0 Å². The topological polar surface area (TPSA) is 126 Å². The van der Waals surface area contributed by atoms with Gasteiger partial charge in [-0.15, -0.1) is 11.6 Å². The molecule has 2 heterocycles. The lowest BCUT2D eigenvalue weighted by Gasteiger charge is -2.23. The molecule has 0 fully saturated rings. The Labute approximate surface area is 217 Å². The van der Waals surface area contributed by atoms with Gasteiger partial charge >= 0.3 is 5.97 Å². The zero-order valence-electron chi connectivity index (χ0n) is 19.9. The van der Waals surface area contributed by atoms with Crippen molar-refractivity contribution in [1.82, 2.24) is 9.97 Å². The Balaban J connectivity index is 1.58. The molecule has 1 atom stereocenters. The van der Waals surface area contributed by atoms with Crippen LogP contribution < -0.4 is 15.4 Å². The summed E-state index contributed by atoms with van der Waals surface area (Å²) in [4.78, 5) is 33.3. The number of nitrogens with zero attached hydrogens (tertiary/aromatic N) is 4. The number of carboxylic acids is 1. The van der Waals surface area contributed by atoms with Crippen molar-refractivity contribution < 1.29 is 28.4 Å². The maximum atomic E-state index is 13.5. The zero-order valence-corrected chi connectivity index (χ0v) is 20.7. The summed E-state index contributed by atoms with van der Waals surface area (Å²) in [5.74, 6) is -0.698. The highest BCUT2D eigenvalue weighted by Crippen LogP contribution is 2.28. The molecule has 4 rings (SSSR count). The Morgan fingerprint density at radius 2 is 2.03 bits per heavy atom. The monoisotopic (exact) mass is 527 g/mol. The average molecular weight is 528 g/mol. The van der Waals surface area contributed by atoms with Crippen LogP contribution in [0.1, 0.15) is 13.3 Å². The number of amides is 1. The number of aromatic nitrogens is 2. The molecule has 192 valence electrons. The number of ether oxygens (including phenoxy) is 1. The molecule has 3 aromatic rings. The van der Waals surface area contributed by atoms with Crippen LogP contribution in [0.5, 0.6) is 5.75 Å². The van der Waals surface area contributed by atoms with E-state index in [1.54, 1.807) is 37.4 Å². The van der Waals surface area contributed by atoms with Gasteiger partial charge in [0.1, 0.15) is 42.2 Å². The standard InChI is InChI=1S/C25H24ClFN6O4/c1-2-33(14-22(34)30-17-6-3-5-16(27)11-17)13-21(23(32-33)25(35)36)31-24-19-8-7-18(37-10-4-9-26)12-20(19)28-15-29-24/h3,5-8,11-13,15H,2,4,9-10,14H2,1H3,(H2-,28,29,30,31,34,35,36)/p+1. The lowest BCUT2D eigenvalue weighted by atomic mass is 10.2. The molecule has 1 amide bonds. The number of halogens is 2. The van der Waals surface area contributed by atoms with E-state index in [4.69, 9.17) is 16.3 Å². The normalized spacial score (nSPS) is 16.7. The van der Waals surface area contributed by atoms with Crippen LogP contribution in [0.15, 0.2) is 65.8 Å². The molecule has 10 nitrogen and oxygen atoms in total. The van der Waals surface area contributed by atoms with Crippen LogP contribution >= 0.6 is 11.6 Å². The summed E-state index contributed by atoms with van der Waals surface area (Å²) in [5, 5.41) is 20.5. The second kappa shape index (κ2) is 11.3. The number of carboxylic acid groups (broad SMARTS) is 1. The number of fused-ring (bicyclic) bond motifs is 1. The average Bonchev–Trinajstić information content (AvgIpc) is 3.23. The number of hydrogen-bond donors (Lipinski definition) is 3. The molecule has 3 N–H and O–H groups in total. The lowest BCUT2D eigenvalue weighted by Crippen LogP contribution is -2.42. The molecular weight excluding hydrogens is 503 g/mol. The molecule has 1 aliphatic heterocycles. The molecule has 0 bridgehead atoms. The molecule has 2 aromatic carbocycles. The summed E-state index contributed by atoms with van der Waals surface area (Å²) in [6.45, 7) is 2.36. The molecule has 1 aromatic heterocycles. The van der Waals surface area contributed by atoms with Crippen LogP contribution in [-0.4, -0.2) is 62.8 Å². The lowest BCUT2D eigenvalue weighted by molar-refractivity contribution is -0.874. The van der Waals surface area contributed by atoms with Crippen LogP contribution in [0.3, 0.4) is 0 Å². The largest absolute Gasteiger partial charge is 0.493 e. The Morgan fingerprint density at radius 3 is 2.76 bits per heavy atom. The van der Waals surface area contributed by atoms with E-state index in [2.05, 4.69) is 25.7 Å². The second-order valence-corrected chi connectivity index (χ2v) is 8.61. The second-order valence-electron chi connectivity index (χ2n) is 8.23. The Kier molecular flexibility index (Phi) is 7.95. The van der Waals surface area contributed by atoms with E-state index >= 15 is 0 Å². The fraction of sp³-hybridized carbons (Fsp3) is 0.240. The van der Waals surface area contributed by atoms with Crippen LogP contribution in [0.25, 0.3) is 10.9 Å². The number of rotatable bonds is 11. The number of nitrogens with one attached hydrogen (secondary N) is 2. The first-order valence-electron chi connectivity index (χ1n) is 11.5. The molecule has 37 heavy (non-hydrogen) atoms. The first-order chi connectivity index (χ1) is 17.8. The van der Waals surface area contributed by atoms with Gasteiger partial charge in [0.05, 0.1) is 12.1 Å². The van der Waals surface area contributed by atoms with Gasteiger partial charge in [-0.1, -0.05) is 11.2 Å². The minimum absolute atomic E-state index is 0.190. The maximum Gasteiger partial charge on any atom is 0.362 e. The fourth-order valence-electron chi connectivity index (χ4n) is 3.80. The predicted molar refractivity (Wildman–Crippen MR) is 138 cm³/mol. The summed E-state index contributed by atoms with van der Waals surface area (Å²) in [6, 6.07) is 10.8. The van der Waals surface area contributed by atoms with Crippen LogP contribution in [0.4, 0.5) is 15.9 Å². The van der Waals surface area contributed by atoms with Crippen molar-refractivity contribution in [1.29, 1.82) is 0 Å². The van der Waals surface area contributed by atoms with Crippen molar-refractivity contribution in [3.05, 3.63) is 66.5 Å². The highest BCUT2D eigenvalue weighted by atomic mass is 35.5. The van der Waals surface area contributed by atoms with E-state index in [0.717, 1.165) is 0 Å². The number of benzene rings is 2. The number of alkyl halides is 1. The van der Waals surface area contributed by atoms with Gasteiger partial charge in [-0.2, -0.15) is 4.59 Å². The van der Waals surface area contributed by atoms with Crippen molar-refractivity contribution >= 4 is 51.6 Å². The van der Waals surface area contributed by atoms with Crippen molar-refractivity contribution in [3.63, 3.8) is 0 Å². The van der Waals surface area contributed by atoms with Crippen molar-refractivity contribution in [2.24, 2.45) is 5.10 Å². The third kappa shape index (κ3) is 6.19. The molecule has 0 radical (unpaired) electrons. The molecule has 0 saturated heterocycles. The summed E-state index contributed by atoms with van der Waals surface area (Å²) in [6.07, 6.45) is 3.63. The number of carbonyl (C=O) groups is 2. The number of anilines is 2. The SMILES string of the molecule is CC[N+]1(CC(=O)Nc2cccc(F)c2)C=C(Nc2ncnc3cc(OCCCCl)ccc23)C(C(=O)O)=N1. The summed E-state index contributed by atoms with van der Waals surface area (Å²) < 4.78 is 18.9. The first-order valence-corrected chi connectivity index (χ1v) is 12.1. The molecule has 0 spiro atoms. The van der Waals surface area contributed by atoms with Crippen LogP contribution in [0, 0.1) is 5.82 Å². The quantitative estimate of drug-likeness (QED) is 0.196. The van der Waals surface area contributed by atoms with Gasteiger partial charge in [-0.3, -0.25) is 4.79 Å². The first kappa shape index (κ1) is 26.0. The van der Waals surface area contributed by atoms with Crippen LogP contribution in [-0.2, 0) is 9.59 Å². The number of likely N-dealkylation sites (N-methyl/N-ethyl adjacent to an activating group) is 1. The van der Waals surface area contributed by atoms with E-state index in [1.807, 2.05) is 0 Å². The molecule has 1 unspecified atom stereocenters. The number of hydrogen-bond acceptors (Lipinski definition) is 7. The van der Waals surface area contributed by atoms with Gasteiger partial charge in [-0.05, 0) is 43.7 Å². The van der Waals surface area contributed by atoms with E-state index in [1.165, 1.54) is 24.5 Å².